The van der Waals surface area contributed by atoms with Crippen molar-refractivity contribution in [2.45, 2.75) is 60.3 Å². The smallest absolute Gasteiger partial charge is 0.155 e. The van der Waals surface area contributed by atoms with Crippen LogP contribution in [0.3, 0.4) is 0 Å². The van der Waals surface area contributed by atoms with E-state index in [-0.39, 0.29) is 0 Å². The maximum atomic E-state index is 12.0. The lowest BCUT2D eigenvalue weighted by atomic mass is 9.60. The van der Waals surface area contributed by atoms with Crippen molar-refractivity contribution in [2.75, 3.05) is 0 Å². The van der Waals surface area contributed by atoms with Gasteiger partial charge in [-0.2, -0.15) is 0 Å². The highest BCUT2D eigenvalue weighted by molar-refractivity contribution is 5.94. The minimum Gasteiger partial charge on any atom is -0.295 e. The highest BCUT2D eigenvalue weighted by Gasteiger charge is 2.66. The van der Waals surface area contributed by atoms with E-state index in [1.165, 1.54) is 30.4 Å². The highest BCUT2D eigenvalue weighted by Crippen LogP contribution is 2.74. The van der Waals surface area contributed by atoms with Crippen LogP contribution in [0, 0.1) is 28.6 Å². The first kappa shape index (κ1) is 12.4. The summed E-state index contributed by atoms with van der Waals surface area (Å²) < 4.78 is 0. The van der Waals surface area contributed by atoms with E-state index in [2.05, 4.69) is 27.7 Å². The molecular weight excluding hydrogens is 220 g/mol. The molecule has 0 aromatic heterocycles. The summed E-state index contributed by atoms with van der Waals surface area (Å²) in [7, 11) is 0. The van der Waals surface area contributed by atoms with Crippen molar-refractivity contribution < 1.29 is 4.79 Å². The molecule has 1 nitrogen and oxygen atoms in total. The summed E-state index contributed by atoms with van der Waals surface area (Å²) in [6.45, 7) is 11.4. The molecule has 0 aromatic carbocycles. The number of ketones is 1. The molecule has 0 saturated heterocycles. The van der Waals surface area contributed by atoms with Crippen LogP contribution >= 0.6 is 0 Å². The van der Waals surface area contributed by atoms with Gasteiger partial charge in [0.2, 0.25) is 0 Å². The van der Waals surface area contributed by atoms with Crippen LogP contribution in [0.15, 0.2) is 11.1 Å². The molecule has 0 radical (unpaired) electrons. The zero-order valence-electron chi connectivity index (χ0n) is 12.5. The van der Waals surface area contributed by atoms with Gasteiger partial charge in [-0.05, 0) is 73.7 Å². The van der Waals surface area contributed by atoms with E-state index in [4.69, 9.17) is 0 Å². The Labute approximate surface area is 111 Å². The summed E-state index contributed by atoms with van der Waals surface area (Å²) in [6, 6.07) is 0. The average Bonchev–Trinajstić information content (AvgIpc) is 2.66. The molecule has 2 saturated carbocycles. The molecule has 3 aliphatic rings. The van der Waals surface area contributed by atoms with Gasteiger partial charge in [0.1, 0.15) is 0 Å². The standard InChI is InChI=1S/C17H26O/c1-10-6-7-16(5)12(3)14-8-17(10,16)9-15(11(14)2)13(4)18/h10,12,14H,6-9H2,1-5H3. The number of allylic oxidation sites excluding steroid dienone is 2. The lowest BCUT2D eigenvalue weighted by Crippen LogP contribution is -2.37. The maximum Gasteiger partial charge on any atom is 0.155 e. The van der Waals surface area contributed by atoms with Crippen molar-refractivity contribution in [3.05, 3.63) is 11.1 Å². The molecule has 18 heavy (non-hydrogen) atoms. The first-order chi connectivity index (χ1) is 8.33. The van der Waals surface area contributed by atoms with Gasteiger partial charge in [0, 0.05) is 0 Å². The molecule has 1 spiro atoms. The van der Waals surface area contributed by atoms with E-state index in [0.717, 1.165) is 18.3 Å². The van der Waals surface area contributed by atoms with Crippen molar-refractivity contribution in [2.24, 2.45) is 28.6 Å². The topological polar surface area (TPSA) is 17.1 Å². The molecule has 2 fully saturated rings. The molecule has 3 rings (SSSR count). The molecule has 2 bridgehead atoms. The van der Waals surface area contributed by atoms with Gasteiger partial charge in [-0.3, -0.25) is 4.79 Å². The minimum absolute atomic E-state index is 0.326. The van der Waals surface area contributed by atoms with E-state index < -0.39 is 0 Å². The number of rotatable bonds is 1. The van der Waals surface area contributed by atoms with Crippen LogP contribution in [-0.4, -0.2) is 5.78 Å². The predicted molar refractivity (Wildman–Crippen MR) is 74.2 cm³/mol. The van der Waals surface area contributed by atoms with E-state index in [0.29, 0.717) is 22.5 Å². The molecule has 0 amide bonds. The van der Waals surface area contributed by atoms with Crippen LogP contribution in [0.5, 0.6) is 0 Å². The second kappa shape index (κ2) is 3.49. The van der Waals surface area contributed by atoms with Gasteiger partial charge in [-0.15, -0.1) is 0 Å². The Morgan fingerprint density at radius 3 is 2.61 bits per heavy atom. The quantitative estimate of drug-likeness (QED) is 0.671. The first-order valence-electron chi connectivity index (χ1n) is 7.54. The summed E-state index contributed by atoms with van der Waals surface area (Å²) in [5.41, 5.74) is 3.49. The molecule has 100 valence electrons. The number of fused-ring (bicyclic) bond motifs is 1. The van der Waals surface area contributed by atoms with E-state index in [9.17, 15) is 4.79 Å². The van der Waals surface area contributed by atoms with Crippen LogP contribution in [0.25, 0.3) is 0 Å². The maximum absolute atomic E-state index is 12.0. The van der Waals surface area contributed by atoms with Crippen molar-refractivity contribution >= 4 is 5.78 Å². The van der Waals surface area contributed by atoms with Crippen LogP contribution in [0.4, 0.5) is 0 Å². The number of carbonyl (C=O) groups is 1. The second-order valence-corrected chi connectivity index (χ2v) is 7.51. The predicted octanol–water partition coefficient (Wildman–Crippen LogP) is 4.37. The van der Waals surface area contributed by atoms with Crippen molar-refractivity contribution in [3.63, 3.8) is 0 Å². The fourth-order valence-corrected chi connectivity index (χ4v) is 5.79. The Morgan fingerprint density at radius 1 is 1.33 bits per heavy atom. The summed E-state index contributed by atoms with van der Waals surface area (Å²) in [4.78, 5) is 12.0. The number of Topliss-reactive ketones (excluding diaryl/α,β-unsaturated/α-hetero) is 1. The average molecular weight is 246 g/mol. The monoisotopic (exact) mass is 246 g/mol. The van der Waals surface area contributed by atoms with Gasteiger partial charge in [-0.1, -0.05) is 26.3 Å². The number of hydrogen-bond acceptors (Lipinski definition) is 1. The van der Waals surface area contributed by atoms with E-state index in [1.807, 2.05) is 0 Å². The van der Waals surface area contributed by atoms with Crippen LogP contribution in [0.2, 0.25) is 0 Å². The van der Waals surface area contributed by atoms with E-state index >= 15 is 0 Å². The largest absolute Gasteiger partial charge is 0.295 e. The molecule has 0 aromatic rings. The normalized spacial score (nSPS) is 50.6. The molecule has 3 aliphatic carbocycles. The molecule has 0 N–H and O–H groups in total. The highest BCUT2D eigenvalue weighted by atomic mass is 16.1. The Bertz CT molecular complexity index is 447. The first-order valence-corrected chi connectivity index (χ1v) is 7.54. The van der Waals surface area contributed by atoms with Gasteiger partial charge in [0.25, 0.3) is 0 Å². The molecule has 0 heterocycles. The van der Waals surface area contributed by atoms with Gasteiger partial charge in [0.05, 0.1) is 0 Å². The Hall–Kier alpha value is -0.590. The Kier molecular flexibility index (Phi) is 2.41. The fraction of sp³-hybridized carbons (Fsp3) is 0.824. The number of carbonyl (C=O) groups excluding carboxylic acids is 1. The molecule has 0 aliphatic heterocycles. The lowest BCUT2D eigenvalue weighted by Gasteiger charge is -2.44. The third-order valence-electron chi connectivity index (χ3n) is 7.32. The second-order valence-electron chi connectivity index (χ2n) is 7.51. The minimum atomic E-state index is 0.326. The van der Waals surface area contributed by atoms with E-state index in [1.54, 1.807) is 6.92 Å². The van der Waals surface area contributed by atoms with Crippen LogP contribution in [0.1, 0.15) is 60.3 Å². The zero-order valence-corrected chi connectivity index (χ0v) is 12.5. The van der Waals surface area contributed by atoms with Crippen molar-refractivity contribution in [3.8, 4) is 0 Å². The number of hydrogen-bond donors (Lipinski definition) is 0. The molecule has 5 atom stereocenters. The molecule has 5 unspecified atom stereocenters. The van der Waals surface area contributed by atoms with Crippen molar-refractivity contribution in [1.82, 2.24) is 0 Å². The molecule has 1 heteroatoms. The fourth-order valence-electron chi connectivity index (χ4n) is 5.79. The van der Waals surface area contributed by atoms with Crippen molar-refractivity contribution in [1.29, 1.82) is 0 Å². The van der Waals surface area contributed by atoms with Crippen LogP contribution < -0.4 is 0 Å². The Balaban J connectivity index is 2.15. The summed E-state index contributed by atoms with van der Waals surface area (Å²) in [5.74, 6) is 2.54. The zero-order chi connectivity index (χ0) is 13.3. The van der Waals surface area contributed by atoms with Gasteiger partial charge >= 0.3 is 0 Å². The van der Waals surface area contributed by atoms with Gasteiger partial charge in [0.15, 0.2) is 5.78 Å². The van der Waals surface area contributed by atoms with Gasteiger partial charge in [-0.25, -0.2) is 0 Å². The Morgan fingerprint density at radius 2 is 2.00 bits per heavy atom. The van der Waals surface area contributed by atoms with Crippen LogP contribution in [-0.2, 0) is 4.79 Å². The third kappa shape index (κ3) is 1.16. The summed E-state index contributed by atoms with van der Waals surface area (Å²) in [6.07, 6.45) is 5.13. The lowest BCUT2D eigenvalue weighted by molar-refractivity contribution is -0.114. The summed E-state index contributed by atoms with van der Waals surface area (Å²) in [5, 5.41) is 0. The SMILES string of the molecule is CC(=O)C1=C(C)C2CC3(C1)C(C)CCC3(C)C2C. The summed E-state index contributed by atoms with van der Waals surface area (Å²) >= 11 is 0. The van der Waals surface area contributed by atoms with Gasteiger partial charge < -0.3 is 0 Å². The third-order valence-corrected chi connectivity index (χ3v) is 7.32. The molecular formula is C17H26O.